The van der Waals surface area contributed by atoms with Crippen molar-refractivity contribution in [3.8, 4) is 5.19 Å². The van der Waals surface area contributed by atoms with E-state index >= 15 is 0 Å². The van der Waals surface area contributed by atoms with E-state index in [2.05, 4.69) is 4.98 Å². The first-order chi connectivity index (χ1) is 3.83. The number of hydrogen-bond acceptors (Lipinski definition) is 3. The largest absolute Gasteiger partial charge is 0.486 e. The van der Waals surface area contributed by atoms with Crippen LogP contribution in [0.2, 0.25) is 0 Å². The van der Waals surface area contributed by atoms with Gasteiger partial charge in [0.25, 0.3) is 5.19 Å². The van der Waals surface area contributed by atoms with Gasteiger partial charge in [0.1, 0.15) is 0 Å². The molecule has 1 aromatic rings. The first-order valence-electron chi connectivity index (χ1n) is 2.46. The average Bonchev–Trinajstić information content (AvgIpc) is 2.14. The summed E-state index contributed by atoms with van der Waals surface area (Å²) in [5.41, 5.74) is 0.965. The predicted molar refractivity (Wildman–Crippen MR) is 33.2 cm³/mol. The Morgan fingerprint density at radius 1 is 1.88 bits per heavy atom. The molecule has 1 heterocycles. The lowest BCUT2D eigenvalue weighted by Crippen LogP contribution is -1.74. The Balaban J connectivity index is 2.84. The highest BCUT2D eigenvalue weighted by atomic mass is 32.1. The summed E-state index contributed by atoms with van der Waals surface area (Å²) < 4.78 is 0. The Hall–Kier alpha value is -0.570. The van der Waals surface area contributed by atoms with Gasteiger partial charge in [0, 0.05) is 5.38 Å². The van der Waals surface area contributed by atoms with Crippen molar-refractivity contribution in [1.82, 2.24) is 4.98 Å². The minimum absolute atomic E-state index is 0.168. The van der Waals surface area contributed by atoms with Crippen LogP contribution in [0.4, 0.5) is 0 Å². The molecule has 0 aliphatic rings. The summed E-state index contributed by atoms with van der Waals surface area (Å²) in [5, 5.41) is 10.7. The molecule has 0 atom stereocenters. The van der Waals surface area contributed by atoms with E-state index in [0.29, 0.717) is 0 Å². The van der Waals surface area contributed by atoms with Gasteiger partial charge >= 0.3 is 0 Å². The number of thiazole rings is 1. The highest BCUT2D eigenvalue weighted by molar-refractivity contribution is 7.11. The van der Waals surface area contributed by atoms with Crippen molar-refractivity contribution < 1.29 is 5.11 Å². The molecule has 0 aromatic carbocycles. The maximum absolute atomic E-state index is 8.69. The summed E-state index contributed by atoms with van der Waals surface area (Å²) in [6, 6.07) is 0. The molecule has 0 spiro atoms. The minimum atomic E-state index is 0.168. The van der Waals surface area contributed by atoms with Crippen LogP contribution >= 0.6 is 11.3 Å². The molecule has 44 valence electrons. The Kier molecular flexibility index (Phi) is 1.48. The van der Waals surface area contributed by atoms with E-state index in [4.69, 9.17) is 5.11 Å². The molecule has 0 amide bonds. The van der Waals surface area contributed by atoms with Crippen LogP contribution in [0, 0.1) is 0 Å². The highest BCUT2D eigenvalue weighted by Gasteiger charge is 1.93. The Morgan fingerprint density at radius 3 is 2.88 bits per heavy atom. The Labute approximate surface area is 51.8 Å². The molecule has 0 unspecified atom stereocenters. The lowest BCUT2D eigenvalue weighted by atomic mass is 10.4. The maximum atomic E-state index is 8.69. The molecule has 0 saturated heterocycles. The fourth-order valence-corrected chi connectivity index (χ4v) is 1.09. The maximum Gasteiger partial charge on any atom is 0.270 e. The van der Waals surface area contributed by atoms with Crippen molar-refractivity contribution in [3.05, 3.63) is 11.1 Å². The first-order valence-corrected chi connectivity index (χ1v) is 3.34. The topological polar surface area (TPSA) is 33.1 Å². The van der Waals surface area contributed by atoms with Gasteiger partial charge in [0.2, 0.25) is 0 Å². The lowest BCUT2D eigenvalue weighted by molar-refractivity contribution is 0.469. The van der Waals surface area contributed by atoms with Gasteiger partial charge in [-0.2, -0.15) is 0 Å². The van der Waals surface area contributed by atoms with Crippen molar-refractivity contribution >= 4 is 11.3 Å². The zero-order valence-corrected chi connectivity index (χ0v) is 5.40. The van der Waals surface area contributed by atoms with E-state index in [9.17, 15) is 0 Å². The van der Waals surface area contributed by atoms with Gasteiger partial charge in [0.05, 0.1) is 5.69 Å². The number of aryl methyl sites for hydroxylation is 1. The molecule has 1 N–H and O–H groups in total. The summed E-state index contributed by atoms with van der Waals surface area (Å²) in [6.07, 6.45) is 0.900. The second-order valence-corrected chi connectivity index (χ2v) is 2.31. The van der Waals surface area contributed by atoms with Crippen molar-refractivity contribution in [1.29, 1.82) is 0 Å². The van der Waals surface area contributed by atoms with E-state index in [-0.39, 0.29) is 5.19 Å². The lowest BCUT2D eigenvalue weighted by Gasteiger charge is -1.78. The number of nitrogens with zero attached hydrogens (tertiary/aromatic N) is 1. The van der Waals surface area contributed by atoms with Crippen LogP contribution in [-0.2, 0) is 6.42 Å². The van der Waals surface area contributed by atoms with E-state index in [1.165, 1.54) is 11.3 Å². The summed E-state index contributed by atoms with van der Waals surface area (Å²) in [6.45, 7) is 2.01. The molecular weight excluding hydrogens is 122 g/mol. The molecule has 0 saturated carbocycles. The van der Waals surface area contributed by atoms with Gasteiger partial charge in [-0.3, -0.25) is 0 Å². The molecule has 0 aliphatic carbocycles. The van der Waals surface area contributed by atoms with Crippen LogP contribution in [0.1, 0.15) is 12.6 Å². The number of hydrogen-bond donors (Lipinski definition) is 1. The van der Waals surface area contributed by atoms with Crippen LogP contribution in [0.25, 0.3) is 0 Å². The molecule has 1 aromatic heterocycles. The van der Waals surface area contributed by atoms with Crippen LogP contribution in [-0.4, -0.2) is 10.1 Å². The minimum Gasteiger partial charge on any atom is -0.486 e. The Bertz CT molecular complexity index is 173. The molecular formula is C5H7NOS. The van der Waals surface area contributed by atoms with E-state index in [1.54, 1.807) is 0 Å². The molecule has 0 aliphatic heterocycles. The van der Waals surface area contributed by atoms with Crippen LogP contribution in [0.3, 0.4) is 0 Å². The van der Waals surface area contributed by atoms with Crippen LogP contribution in [0.5, 0.6) is 5.19 Å². The fraction of sp³-hybridized carbons (Fsp3) is 0.400. The van der Waals surface area contributed by atoms with Crippen molar-refractivity contribution in [3.63, 3.8) is 0 Å². The third kappa shape index (κ3) is 0.980. The van der Waals surface area contributed by atoms with Gasteiger partial charge in [-0.05, 0) is 6.42 Å². The Morgan fingerprint density at radius 2 is 2.62 bits per heavy atom. The van der Waals surface area contributed by atoms with Crippen LogP contribution < -0.4 is 0 Å². The zero-order chi connectivity index (χ0) is 5.98. The van der Waals surface area contributed by atoms with Crippen LogP contribution in [0.15, 0.2) is 5.38 Å². The molecule has 0 fully saturated rings. The van der Waals surface area contributed by atoms with Gasteiger partial charge in [-0.1, -0.05) is 18.3 Å². The predicted octanol–water partition coefficient (Wildman–Crippen LogP) is 1.41. The monoisotopic (exact) mass is 129 g/mol. The normalized spacial score (nSPS) is 9.62. The van der Waals surface area contributed by atoms with Gasteiger partial charge < -0.3 is 5.11 Å². The fourth-order valence-electron chi connectivity index (χ4n) is 0.459. The number of rotatable bonds is 1. The summed E-state index contributed by atoms with van der Waals surface area (Å²) >= 11 is 1.27. The smallest absolute Gasteiger partial charge is 0.270 e. The van der Waals surface area contributed by atoms with E-state index < -0.39 is 0 Å². The number of aromatic nitrogens is 1. The summed E-state index contributed by atoms with van der Waals surface area (Å²) in [5.74, 6) is 0. The SMILES string of the molecule is CCc1csc(O)n1. The first kappa shape index (κ1) is 5.56. The van der Waals surface area contributed by atoms with E-state index in [1.807, 2.05) is 12.3 Å². The molecule has 0 bridgehead atoms. The molecule has 2 nitrogen and oxygen atoms in total. The zero-order valence-electron chi connectivity index (χ0n) is 4.59. The second kappa shape index (κ2) is 2.13. The van der Waals surface area contributed by atoms with E-state index in [0.717, 1.165) is 12.1 Å². The summed E-state index contributed by atoms with van der Waals surface area (Å²) in [4.78, 5) is 3.80. The molecule has 8 heavy (non-hydrogen) atoms. The van der Waals surface area contributed by atoms with Crippen molar-refractivity contribution in [2.24, 2.45) is 0 Å². The second-order valence-electron chi connectivity index (χ2n) is 1.47. The van der Waals surface area contributed by atoms with Crippen molar-refractivity contribution in [2.75, 3.05) is 0 Å². The third-order valence-corrected chi connectivity index (χ3v) is 1.59. The van der Waals surface area contributed by atoms with Gasteiger partial charge in [-0.15, -0.1) is 0 Å². The number of aromatic hydroxyl groups is 1. The quantitative estimate of drug-likeness (QED) is 0.622. The van der Waals surface area contributed by atoms with Crippen molar-refractivity contribution in [2.45, 2.75) is 13.3 Å². The third-order valence-electron chi connectivity index (χ3n) is 0.902. The highest BCUT2D eigenvalue weighted by Crippen LogP contribution is 2.15. The average molecular weight is 129 g/mol. The van der Waals surface area contributed by atoms with Gasteiger partial charge in [0.15, 0.2) is 0 Å². The molecule has 1 rings (SSSR count). The molecule has 3 heteroatoms. The molecule has 0 radical (unpaired) electrons. The summed E-state index contributed by atoms with van der Waals surface area (Å²) in [7, 11) is 0. The van der Waals surface area contributed by atoms with Gasteiger partial charge in [-0.25, -0.2) is 4.98 Å². The standard InChI is InChI=1S/C5H7NOS/c1-2-4-3-8-5(7)6-4/h3H,2H2,1H3,(H,6,7).